The fourth-order valence-electron chi connectivity index (χ4n) is 0.309. The summed E-state index contributed by atoms with van der Waals surface area (Å²) in [4.78, 5) is 10.6. The predicted octanol–water partition coefficient (Wildman–Crippen LogP) is 0.526. The van der Waals surface area contributed by atoms with Crippen molar-refractivity contribution < 1.29 is 9.53 Å². The van der Waals surface area contributed by atoms with E-state index in [1.807, 2.05) is 13.8 Å². The predicted molar refractivity (Wildman–Crippen MR) is 31.8 cm³/mol. The van der Waals surface area contributed by atoms with E-state index in [9.17, 15) is 4.79 Å². The van der Waals surface area contributed by atoms with E-state index in [0.717, 1.165) is 27.9 Å². The fraction of sp³-hybridized carbons (Fsp3) is 0.800. The van der Waals surface area contributed by atoms with Crippen LogP contribution in [0, 0.1) is 0 Å². The van der Waals surface area contributed by atoms with Crippen LogP contribution in [0.5, 0.6) is 0 Å². The zero-order valence-electron chi connectivity index (χ0n) is 5.60. The molecule has 0 saturated heterocycles. The van der Waals surface area contributed by atoms with Crippen LogP contribution in [0.4, 0.5) is 0 Å². The van der Waals surface area contributed by atoms with Gasteiger partial charge >= 0.3 is 67.1 Å². The molecule has 0 aromatic heterocycles. The van der Waals surface area contributed by atoms with E-state index >= 15 is 0 Å². The summed E-state index contributed by atoms with van der Waals surface area (Å²) in [7, 11) is 0. The molecule has 0 spiro atoms. The van der Waals surface area contributed by atoms with Crippen LogP contribution in [0.3, 0.4) is 0 Å². The van der Waals surface area contributed by atoms with Gasteiger partial charge < -0.3 is 0 Å². The molecule has 1 unspecified atom stereocenters. The first-order valence-electron chi connectivity index (χ1n) is 2.85. The third kappa shape index (κ3) is 3.47. The van der Waals surface area contributed by atoms with Crippen molar-refractivity contribution in [3.8, 4) is 0 Å². The quantitative estimate of drug-likeness (QED) is 0.396. The van der Waals surface area contributed by atoms with E-state index in [2.05, 4.69) is 0 Å². The summed E-state index contributed by atoms with van der Waals surface area (Å²) in [6.45, 7) is 4.21. The van der Waals surface area contributed by atoms with Crippen LogP contribution in [0.25, 0.3) is 0 Å². The standard InChI is InChI=1S/C5H9O2.Na/c1-3-5(6)7-4-2;/h3H,4H2,1-2H3;. The van der Waals surface area contributed by atoms with Crippen molar-refractivity contribution in [3.63, 3.8) is 0 Å². The molecule has 42 valence electrons. The third-order valence-electron chi connectivity index (χ3n) is 0.758. The average Bonchev–Trinajstić information content (AvgIpc) is 1.67. The van der Waals surface area contributed by atoms with Crippen molar-refractivity contribution in [1.29, 1.82) is 0 Å². The normalized spacial score (nSPS) is 13.0. The van der Waals surface area contributed by atoms with Crippen LogP contribution in [-0.2, 0) is 9.53 Å². The maximum absolute atomic E-state index is 10.6. The number of hydrogen-bond acceptors (Lipinski definition) is 2. The van der Waals surface area contributed by atoms with Gasteiger partial charge in [0.25, 0.3) is 0 Å². The molecule has 0 saturated carbocycles. The second kappa shape index (κ2) is 4.36. The number of carbonyl (C=O) groups is 1. The maximum atomic E-state index is 10.6. The molecule has 0 fully saturated rings. The van der Waals surface area contributed by atoms with Gasteiger partial charge in [-0.15, -0.1) is 0 Å². The minimum atomic E-state index is -0.0563. The Morgan fingerprint density at radius 2 is 2.38 bits per heavy atom. The molecule has 0 aliphatic rings. The Kier molecular flexibility index (Phi) is 4.61. The van der Waals surface area contributed by atoms with Crippen molar-refractivity contribution in [2.45, 2.75) is 17.0 Å². The van der Waals surface area contributed by atoms with E-state index < -0.39 is 0 Å². The Morgan fingerprint density at radius 3 is 2.50 bits per heavy atom. The number of ether oxygens (including phenoxy) is 1. The summed E-state index contributed by atoms with van der Waals surface area (Å²) in [6, 6.07) is 0. The van der Waals surface area contributed by atoms with Crippen molar-refractivity contribution >= 4 is 33.9 Å². The molecular formula is C5H9NaO2. The first-order chi connectivity index (χ1) is 3.68. The minimum absolute atomic E-state index is 0.0563. The first-order valence-corrected chi connectivity index (χ1v) is 4.00. The Bertz CT molecular complexity index is 80.5. The Morgan fingerprint density at radius 1 is 1.88 bits per heavy atom. The molecule has 0 heterocycles. The van der Waals surface area contributed by atoms with Crippen molar-refractivity contribution in [2.24, 2.45) is 0 Å². The molecule has 2 nitrogen and oxygen atoms in total. The topological polar surface area (TPSA) is 26.3 Å². The van der Waals surface area contributed by atoms with Crippen LogP contribution >= 0.6 is 0 Å². The number of rotatable bonds is 2. The van der Waals surface area contributed by atoms with Crippen LogP contribution in [0.1, 0.15) is 13.8 Å². The van der Waals surface area contributed by atoms with Gasteiger partial charge in [0.05, 0.1) is 0 Å². The molecular weight excluding hydrogens is 115 g/mol. The number of carbonyl (C=O) groups excluding carboxylic acids is 1. The molecule has 0 aliphatic carbocycles. The van der Waals surface area contributed by atoms with Crippen LogP contribution < -0.4 is 0 Å². The first kappa shape index (κ1) is 8.47. The molecule has 0 aromatic carbocycles. The average molecular weight is 124 g/mol. The molecule has 0 rings (SSSR count). The van der Waals surface area contributed by atoms with Gasteiger partial charge in [-0.1, -0.05) is 0 Å². The van der Waals surface area contributed by atoms with Crippen LogP contribution in [0.2, 0.25) is 3.17 Å². The summed E-state index contributed by atoms with van der Waals surface area (Å²) in [5, 5.41) is 0. The second-order valence-electron chi connectivity index (χ2n) is 1.91. The van der Waals surface area contributed by atoms with Crippen LogP contribution in [-0.4, -0.2) is 40.5 Å². The summed E-state index contributed by atoms with van der Waals surface area (Å²) in [5.74, 6) is -0.0563. The van der Waals surface area contributed by atoms with E-state index in [1.54, 1.807) is 0 Å². The van der Waals surface area contributed by atoms with E-state index in [1.165, 1.54) is 0 Å². The van der Waals surface area contributed by atoms with Gasteiger partial charge in [0.15, 0.2) is 0 Å². The molecule has 1 atom stereocenters. The summed E-state index contributed by atoms with van der Waals surface area (Å²) < 4.78 is 4.85. The Labute approximate surface area is 67.0 Å². The zero-order valence-corrected chi connectivity index (χ0v) is 7.60. The zero-order chi connectivity index (χ0) is 6.57. The SMILES string of the molecule is CCOC(=O)[CH](C)[Na]. The molecule has 0 N–H and O–H groups in total. The summed E-state index contributed by atoms with van der Waals surface area (Å²) >= 11 is 0.892. The van der Waals surface area contributed by atoms with E-state index in [0.29, 0.717) is 6.61 Å². The monoisotopic (exact) mass is 124 g/mol. The van der Waals surface area contributed by atoms with Gasteiger partial charge in [-0.25, -0.2) is 0 Å². The molecule has 0 radical (unpaired) electrons. The third-order valence-corrected chi connectivity index (χ3v) is 1.23. The Hall–Kier alpha value is 0.470. The molecule has 8 heavy (non-hydrogen) atoms. The van der Waals surface area contributed by atoms with E-state index in [-0.39, 0.29) is 9.14 Å². The molecule has 0 aliphatic heterocycles. The van der Waals surface area contributed by atoms with Crippen molar-refractivity contribution in [2.75, 3.05) is 6.61 Å². The number of esters is 1. The summed E-state index contributed by atoms with van der Waals surface area (Å²) in [5.41, 5.74) is 0. The van der Waals surface area contributed by atoms with Crippen LogP contribution in [0.15, 0.2) is 0 Å². The van der Waals surface area contributed by atoms with Gasteiger partial charge in [-0.3, -0.25) is 0 Å². The summed E-state index contributed by atoms with van der Waals surface area (Å²) in [6.07, 6.45) is 0. The second-order valence-corrected chi connectivity index (χ2v) is 3.64. The van der Waals surface area contributed by atoms with Gasteiger partial charge in [0.1, 0.15) is 0 Å². The van der Waals surface area contributed by atoms with Gasteiger partial charge in [-0.2, -0.15) is 0 Å². The van der Waals surface area contributed by atoms with Gasteiger partial charge in [-0.05, 0) is 0 Å². The fourth-order valence-corrected chi connectivity index (χ4v) is 0.476. The van der Waals surface area contributed by atoms with E-state index in [4.69, 9.17) is 4.74 Å². The van der Waals surface area contributed by atoms with Crippen molar-refractivity contribution in [3.05, 3.63) is 0 Å². The molecule has 0 aromatic rings. The molecule has 0 amide bonds. The van der Waals surface area contributed by atoms with Gasteiger partial charge in [0, 0.05) is 0 Å². The Balaban J connectivity index is 3.33. The van der Waals surface area contributed by atoms with Gasteiger partial charge in [0.2, 0.25) is 0 Å². The number of hydrogen-bond donors (Lipinski definition) is 0. The van der Waals surface area contributed by atoms with Crippen molar-refractivity contribution in [1.82, 2.24) is 0 Å². The molecule has 3 heteroatoms. The molecule has 0 bridgehead atoms.